The zero-order chi connectivity index (χ0) is 23.7. The van der Waals surface area contributed by atoms with Gasteiger partial charge in [0.05, 0.1) is 34.0 Å². The third-order valence-electron chi connectivity index (χ3n) is 5.47. The van der Waals surface area contributed by atoms with Crippen molar-refractivity contribution in [2.45, 2.75) is 13.0 Å². The van der Waals surface area contributed by atoms with Gasteiger partial charge in [-0.15, -0.1) is 5.10 Å². The summed E-state index contributed by atoms with van der Waals surface area (Å²) in [5.41, 5.74) is 8.11. The van der Waals surface area contributed by atoms with Crippen molar-refractivity contribution < 1.29 is 23.7 Å². The van der Waals surface area contributed by atoms with Crippen molar-refractivity contribution in [3.8, 4) is 34.4 Å². The fourth-order valence-electron chi connectivity index (χ4n) is 3.98. The molecule has 0 aliphatic carbocycles. The van der Waals surface area contributed by atoms with Gasteiger partial charge in [-0.25, -0.2) is 4.68 Å². The molecule has 3 aromatic rings. The summed E-state index contributed by atoms with van der Waals surface area (Å²) >= 11 is 0. The molecule has 1 aromatic heterocycles. The molecule has 10 nitrogen and oxygen atoms in total. The van der Waals surface area contributed by atoms with Crippen LogP contribution in [0.3, 0.4) is 0 Å². The van der Waals surface area contributed by atoms with E-state index >= 15 is 0 Å². The van der Waals surface area contributed by atoms with Gasteiger partial charge >= 0.3 is 0 Å². The number of para-hydroxylation sites is 1. The number of carbonyl (C=O) groups excluding carboxylic acids is 1. The van der Waals surface area contributed by atoms with E-state index in [4.69, 9.17) is 29.8 Å². The number of carbonyl (C=O) groups is 1. The fourth-order valence-corrected chi connectivity index (χ4v) is 3.98. The van der Waals surface area contributed by atoms with Gasteiger partial charge in [0, 0.05) is 16.8 Å². The van der Waals surface area contributed by atoms with E-state index in [0.29, 0.717) is 51.6 Å². The number of benzene rings is 2. The summed E-state index contributed by atoms with van der Waals surface area (Å²) in [7, 11) is 6.19. The number of fused-ring (bicyclic) bond motifs is 1. The van der Waals surface area contributed by atoms with E-state index in [1.165, 1.54) is 7.11 Å². The molecule has 0 fully saturated rings. The first-order chi connectivity index (χ1) is 15.9. The molecule has 3 N–H and O–H groups in total. The Morgan fingerprint density at radius 2 is 1.64 bits per heavy atom. The SMILES string of the molecule is COc1ccccc1[C@H]1C(C(N)=O)=C(C)Nc2nc(-c3cc(OC)c(OC)c(OC)c3)nn21. The van der Waals surface area contributed by atoms with Crippen LogP contribution >= 0.6 is 0 Å². The highest BCUT2D eigenvalue weighted by Crippen LogP contribution is 2.43. The standard InChI is InChI=1S/C23H25N5O5/c1-12-18(21(24)29)19(14-8-6-7-9-15(14)30-2)28-23(25-12)26-22(27-28)13-10-16(31-3)20(33-5)17(11-13)32-4/h6-11,19H,1-5H3,(H2,24,29)(H,25,26,27)/t19-/m0/s1. The van der Waals surface area contributed by atoms with Gasteiger partial charge in [-0.05, 0) is 25.1 Å². The van der Waals surface area contributed by atoms with E-state index < -0.39 is 11.9 Å². The smallest absolute Gasteiger partial charge is 0.248 e. The number of nitrogens with two attached hydrogens (primary N) is 1. The largest absolute Gasteiger partial charge is 0.496 e. The Balaban J connectivity index is 1.91. The molecule has 33 heavy (non-hydrogen) atoms. The van der Waals surface area contributed by atoms with E-state index in [1.54, 1.807) is 45.1 Å². The molecule has 1 aliphatic heterocycles. The molecule has 0 bridgehead atoms. The molecular formula is C23H25N5O5. The Labute approximate surface area is 190 Å². The van der Waals surface area contributed by atoms with Gasteiger partial charge < -0.3 is 30.0 Å². The minimum absolute atomic E-state index is 0.369. The average molecular weight is 451 g/mol. The molecule has 1 amide bonds. The van der Waals surface area contributed by atoms with Crippen molar-refractivity contribution in [3.05, 3.63) is 53.2 Å². The first kappa shape index (κ1) is 22.0. The summed E-state index contributed by atoms with van der Waals surface area (Å²) in [5, 5.41) is 7.86. The van der Waals surface area contributed by atoms with Gasteiger partial charge in [-0.3, -0.25) is 4.79 Å². The number of aromatic nitrogens is 3. The van der Waals surface area contributed by atoms with E-state index in [9.17, 15) is 4.79 Å². The maximum absolute atomic E-state index is 12.4. The molecule has 4 rings (SSSR count). The number of ether oxygens (including phenoxy) is 4. The van der Waals surface area contributed by atoms with Crippen LogP contribution in [0.25, 0.3) is 11.4 Å². The fraction of sp³-hybridized carbons (Fsp3) is 0.261. The van der Waals surface area contributed by atoms with Crippen LogP contribution in [0.5, 0.6) is 23.0 Å². The molecule has 0 unspecified atom stereocenters. The van der Waals surface area contributed by atoms with Crippen LogP contribution in [-0.2, 0) is 4.79 Å². The summed E-state index contributed by atoms with van der Waals surface area (Å²) in [4.78, 5) is 17.1. The van der Waals surface area contributed by atoms with Crippen LogP contribution in [0.4, 0.5) is 5.95 Å². The van der Waals surface area contributed by atoms with Crippen molar-refractivity contribution >= 4 is 11.9 Å². The molecule has 0 spiro atoms. The van der Waals surface area contributed by atoms with Crippen molar-refractivity contribution in [2.24, 2.45) is 5.73 Å². The lowest BCUT2D eigenvalue weighted by atomic mass is 9.94. The van der Waals surface area contributed by atoms with Crippen molar-refractivity contribution in [1.29, 1.82) is 0 Å². The zero-order valence-electron chi connectivity index (χ0n) is 19.0. The van der Waals surface area contributed by atoms with E-state index in [0.717, 1.165) is 5.56 Å². The molecule has 1 atom stereocenters. The lowest BCUT2D eigenvalue weighted by molar-refractivity contribution is -0.115. The quantitative estimate of drug-likeness (QED) is 0.562. The van der Waals surface area contributed by atoms with E-state index in [2.05, 4.69) is 10.3 Å². The Morgan fingerprint density at radius 3 is 2.21 bits per heavy atom. The molecule has 0 radical (unpaired) electrons. The summed E-state index contributed by atoms with van der Waals surface area (Å²) in [6.07, 6.45) is 0. The predicted molar refractivity (Wildman–Crippen MR) is 122 cm³/mol. The number of primary amides is 1. The summed E-state index contributed by atoms with van der Waals surface area (Å²) in [6.45, 7) is 1.78. The Kier molecular flexibility index (Phi) is 5.82. The number of hydrogen-bond donors (Lipinski definition) is 2. The topological polar surface area (TPSA) is 123 Å². The number of methoxy groups -OCH3 is 4. The van der Waals surface area contributed by atoms with Crippen LogP contribution in [0, 0.1) is 0 Å². The van der Waals surface area contributed by atoms with Gasteiger partial charge in [0.1, 0.15) is 11.8 Å². The van der Waals surface area contributed by atoms with Crippen LogP contribution in [-0.4, -0.2) is 49.1 Å². The average Bonchev–Trinajstić information content (AvgIpc) is 3.25. The van der Waals surface area contributed by atoms with Gasteiger partial charge in [0.2, 0.25) is 17.6 Å². The highest BCUT2D eigenvalue weighted by molar-refractivity contribution is 5.95. The number of anilines is 1. The number of hydrogen-bond acceptors (Lipinski definition) is 8. The van der Waals surface area contributed by atoms with Crippen molar-refractivity contribution in [2.75, 3.05) is 33.8 Å². The number of rotatable bonds is 7. The first-order valence-electron chi connectivity index (χ1n) is 10.1. The van der Waals surface area contributed by atoms with Crippen LogP contribution in [0.2, 0.25) is 0 Å². The van der Waals surface area contributed by atoms with Crippen LogP contribution in [0.1, 0.15) is 18.5 Å². The highest BCUT2D eigenvalue weighted by atomic mass is 16.5. The Hall–Kier alpha value is -4.21. The molecule has 0 saturated heterocycles. The van der Waals surface area contributed by atoms with Crippen LogP contribution < -0.4 is 30.0 Å². The number of nitrogens with one attached hydrogen (secondary N) is 1. The number of nitrogens with zero attached hydrogens (tertiary/aromatic N) is 3. The molecule has 10 heteroatoms. The van der Waals surface area contributed by atoms with Gasteiger partial charge in [-0.2, -0.15) is 4.98 Å². The minimum Gasteiger partial charge on any atom is -0.496 e. The molecule has 172 valence electrons. The normalized spacial score (nSPS) is 14.9. The minimum atomic E-state index is -0.627. The second kappa shape index (κ2) is 8.73. The van der Waals surface area contributed by atoms with E-state index in [1.807, 2.05) is 24.3 Å². The molecule has 1 aliphatic rings. The Morgan fingerprint density at radius 1 is 1.00 bits per heavy atom. The summed E-state index contributed by atoms with van der Waals surface area (Å²) in [6, 6.07) is 10.3. The Bertz CT molecular complexity index is 1220. The first-order valence-corrected chi connectivity index (χ1v) is 10.1. The third kappa shape index (κ3) is 3.69. The second-order valence-electron chi connectivity index (χ2n) is 7.29. The zero-order valence-corrected chi connectivity index (χ0v) is 19.0. The van der Waals surface area contributed by atoms with Gasteiger partial charge in [-0.1, -0.05) is 18.2 Å². The molecule has 2 aromatic carbocycles. The summed E-state index contributed by atoms with van der Waals surface area (Å²) in [5.74, 6) is 2.30. The van der Waals surface area contributed by atoms with Crippen molar-refractivity contribution in [1.82, 2.24) is 14.8 Å². The van der Waals surface area contributed by atoms with Crippen LogP contribution in [0.15, 0.2) is 47.7 Å². The van der Waals surface area contributed by atoms with Gasteiger partial charge in [0.25, 0.3) is 0 Å². The molecule has 0 saturated carbocycles. The molecular weight excluding hydrogens is 426 g/mol. The lowest BCUT2D eigenvalue weighted by Gasteiger charge is -2.28. The van der Waals surface area contributed by atoms with Crippen molar-refractivity contribution in [3.63, 3.8) is 0 Å². The molecule has 2 heterocycles. The predicted octanol–water partition coefficient (Wildman–Crippen LogP) is 2.75. The third-order valence-corrected chi connectivity index (χ3v) is 5.47. The monoisotopic (exact) mass is 451 g/mol. The van der Waals surface area contributed by atoms with E-state index in [-0.39, 0.29) is 0 Å². The second-order valence-corrected chi connectivity index (χ2v) is 7.29. The maximum atomic E-state index is 12.4. The number of allylic oxidation sites excluding steroid dienone is 1. The van der Waals surface area contributed by atoms with Gasteiger partial charge in [0.15, 0.2) is 17.3 Å². The number of amides is 1. The summed E-state index contributed by atoms with van der Waals surface area (Å²) < 4.78 is 23.5. The maximum Gasteiger partial charge on any atom is 0.248 e. The lowest BCUT2D eigenvalue weighted by Crippen LogP contribution is -2.32. The highest BCUT2D eigenvalue weighted by Gasteiger charge is 2.35.